The summed E-state index contributed by atoms with van der Waals surface area (Å²) in [6.07, 6.45) is 0. The number of methoxy groups -OCH3 is 1. The number of benzene rings is 1. The van der Waals surface area contributed by atoms with Crippen LogP contribution >= 0.6 is 11.3 Å². The summed E-state index contributed by atoms with van der Waals surface area (Å²) in [5.41, 5.74) is 3.35. The predicted molar refractivity (Wildman–Crippen MR) is 67.0 cm³/mol. The van der Waals surface area contributed by atoms with Gasteiger partial charge >= 0.3 is 0 Å². The zero-order valence-corrected chi connectivity index (χ0v) is 10.5. The SMILES string of the molecule is COc1ccc2scc(CONC(C)=O)c2c1. The first-order chi connectivity index (χ1) is 8.20. The van der Waals surface area contributed by atoms with Crippen LogP contribution in [-0.2, 0) is 16.2 Å². The maximum atomic E-state index is 10.7. The lowest BCUT2D eigenvalue weighted by atomic mass is 10.2. The molecule has 2 aromatic rings. The van der Waals surface area contributed by atoms with Crippen LogP contribution in [0, 0.1) is 0 Å². The van der Waals surface area contributed by atoms with Gasteiger partial charge in [-0.2, -0.15) is 0 Å². The molecule has 4 nitrogen and oxygen atoms in total. The number of thiophene rings is 1. The van der Waals surface area contributed by atoms with E-state index < -0.39 is 0 Å². The topological polar surface area (TPSA) is 47.6 Å². The summed E-state index contributed by atoms with van der Waals surface area (Å²) in [5, 5.41) is 3.12. The third-order valence-corrected chi connectivity index (χ3v) is 3.32. The fourth-order valence-corrected chi connectivity index (χ4v) is 2.44. The molecule has 0 atom stereocenters. The Hall–Kier alpha value is -1.59. The first kappa shape index (κ1) is 11.9. The van der Waals surface area contributed by atoms with Gasteiger partial charge in [-0.05, 0) is 29.1 Å². The molecular formula is C12H13NO3S. The molecular weight excluding hydrogens is 238 g/mol. The fourth-order valence-electron chi connectivity index (χ4n) is 1.52. The minimum atomic E-state index is -0.206. The quantitative estimate of drug-likeness (QED) is 0.849. The standard InChI is InChI=1S/C12H13NO3S/c1-8(14)13-16-6-9-7-17-12-4-3-10(15-2)5-11(9)12/h3-5,7H,6H2,1-2H3,(H,13,14). The van der Waals surface area contributed by atoms with Crippen LogP contribution < -0.4 is 10.2 Å². The Bertz CT molecular complexity index is 536. The monoisotopic (exact) mass is 251 g/mol. The van der Waals surface area contributed by atoms with E-state index in [9.17, 15) is 4.79 Å². The van der Waals surface area contributed by atoms with Crippen molar-refractivity contribution in [2.75, 3.05) is 7.11 Å². The molecule has 0 unspecified atom stereocenters. The van der Waals surface area contributed by atoms with E-state index in [4.69, 9.17) is 9.57 Å². The van der Waals surface area contributed by atoms with Crippen LogP contribution in [0.15, 0.2) is 23.6 Å². The van der Waals surface area contributed by atoms with E-state index in [1.54, 1.807) is 18.4 Å². The molecule has 0 fully saturated rings. The molecule has 0 spiro atoms. The maximum Gasteiger partial charge on any atom is 0.240 e. The number of fused-ring (bicyclic) bond motifs is 1. The van der Waals surface area contributed by atoms with Gasteiger partial charge in [0.1, 0.15) is 12.4 Å². The first-order valence-electron chi connectivity index (χ1n) is 5.13. The van der Waals surface area contributed by atoms with Crippen molar-refractivity contribution in [2.45, 2.75) is 13.5 Å². The van der Waals surface area contributed by atoms with Gasteiger partial charge in [0.15, 0.2) is 0 Å². The van der Waals surface area contributed by atoms with Gasteiger partial charge in [-0.15, -0.1) is 11.3 Å². The lowest BCUT2D eigenvalue weighted by molar-refractivity contribution is -0.132. The summed E-state index contributed by atoms with van der Waals surface area (Å²) in [6, 6.07) is 5.91. The Labute approximate surface area is 103 Å². The molecule has 0 saturated heterocycles. The van der Waals surface area contributed by atoms with Gasteiger partial charge in [0.05, 0.1) is 7.11 Å². The Kier molecular flexibility index (Phi) is 3.61. The molecule has 1 N–H and O–H groups in total. The predicted octanol–water partition coefficient (Wildman–Crippen LogP) is 2.48. The molecule has 0 saturated carbocycles. The normalized spacial score (nSPS) is 10.5. The van der Waals surface area contributed by atoms with Crippen molar-refractivity contribution >= 4 is 27.3 Å². The number of ether oxygens (including phenoxy) is 1. The third-order valence-electron chi connectivity index (χ3n) is 2.30. The molecule has 1 amide bonds. The van der Waals surface area contributed by atoms with Gasteiger partial charge in [-0.3, -0.25) is 9.63 Å². The van der Waals surface area contributed by atoms with Crippen molar-refractivity contribution in [1.29, 1.82) is 0 Å². The highest BCUT2D eigenvalue weighted by atomic mass is 32.1. The molecule has 2 rings (SSSR count). The highest BCUT2D eigenvalue weighted by Gasteiger charge is 2.06. The molecule has 0 bridgehead atoms. The molecule has 90 valence electrons. The Morgan fingerprint density at radius 3 is 3.00 bits per heavy atom. The number of hydroxylamine groups is 1. The van der Waals surface area contributed by atoms with Crippen LogP contribution in [0.4, 0.5) is 0 Å². The smallest absolute Gasteiger partial charge is 0.240 e. The molecule has 1 heterocycles. The van der Waals surface area contributed by atoms with Gasteiger partial charge in [-0.1, -0.05) is 0 Å². The van der Waals surface area contributed by atoms with Gasteiger partial charge in [0.25, 0.3) is 0 Å². The van der Waals surface area contributed by atoms with Gasteiger partial charge in [-0.25, -0.2) is 5.48 Å². The molecule has 0 aliphatic carbocycles. The van der Waals surface area contributed by atoms with Crippen molar-refractivity contribution in [2.24, 2.45) is 0 Å². The van der Waals surface area contributed by atoms with E-state index >= 15 is 0 Å². The Morgan fingerprint density at radius 1 is 1.47 bits per heavy atom. The number of carbonyl (C=O) groups is 1. The lowest BCUT2D eigenvalue weighted by Crippen LogP contribution is -2.19. The van der Waals surface area contributed by atoms with Crippen LogP contribution in [0.3, 0.4) is 0 Å². The van der Waals surface area contributed by atoms with E-state index in [-0.39, 0.29) is 5.91 Å². The largest absolute Gasteiger partial charge is 0.497 e. The highest BCUT2D eigenvalue weighted by molar-refractivity contribution is 7.17. The summed E-state index contributed by atoms with van der Waals surface area (Å²) in [5.74, 6) is 0.610. The molecule has 17 heavy (non-hydrogen) atoms. The maximum absolute atomic E-state index is 10.7. The van der Waals surface area contributed by atoms with E-state index in [1.165, 1.54) is 11.6 Å². The minimum absolute atomic E-state index is 0.206. The summed E-state index contributed by atoms with van der Waals surface area (Å²) in [4.78, 5) is 15.8. The van der Waals surface area contributed by atoms with E-state index in [0.717, 1.165) is 16.7 Å². The Morgan fingerprint density at radius 2 is 2.29 bits per heavy atom. The number of hydrogen-bond donors (Lipinski definition) is 1. The molecule has 1 aromatic heterocycles. The number of hydrogen-bond acceptors (Lipinski definition) is 4. The van der Waals surface area contributed by atoms with E-state index in [2.05, 4.69) is 5.48 Å². The molecule has 5 heteroatoms. The summed E-state index contributed by atoms with van der Waals surface area (Å²) in [6.45, 7) is 1.77. The van der Waals surface area contributed by atoms with Crippen molar-refractivity contribution in [3.8, 4) is 5.75 Å². The number of nitrogens with one attached hydrogen (secondary N) is 1. The number of rotatable bonds is 4. The highest BCUT2D eigenvalue weighted by Crippen LogP contribution is 2.29. The first-order valence-corrected chi connectivity index (χ1v) is 6.01. The fraction of sp³-hybridized carbons (Fsp3) is 0.250. The van der Waals surface area contributed by atoms with Crippen LogP contribution in [0.25, 0.3) is 10.1 Å². The summed E-state index contributed by atoms with van der Waals surface area (Å²) in [7, 11) is 1.64. The van der Waals surface area contributed by atoms with Crippen molar-refractivity contribution in [1.82, 2.24) is 5.48 Å². The molecule has 0 aliphatic rings. The second kappa shape index (κ2) is 5.16. The second-order valence-corrected chi connectivity index (χ2v) is 4.48. The average molecular weight is 251 g/mol. The minimum Gasteiger partial charge on any atom is -0.497 e. The second-order valence-electron chi connectivity index (χ2n) is 3.57. The Balaban J connectivity index is 2.19. The number of carbonyl (C=O) groups excluding carboxylic acids is 1. The zero-order chi connectivity index (χ0) is 12.3. The van der Waals surface area contributed by atoms with Crippen LogP contribution in [0.2, 0.25) is 0 Å². The van der Waals surface area contributed by atoms with Gasteiger partial charge in [0.2, 0.25) is 5.91 Å². The number of amides is 1. The van der Waals surface area contributed by atoms with Gasteiger partial charge < -0.3 is 4.74 Å². The summed E-state index contributed by atoms with van der Waals surface area (Å²) >= 11 is 1.64. The zero-order valence-electron chi connectivity index (χ0n) is 9.65. The molecule has 0 aliphatic heterocycles. The van der Waals surface area contributed by atoms with Crippen molar-refractivity contribution < 1.29 is 14.4 Å². The summed E-state index contributed by atoms with van der Waals surface area (Å²) < 4.78 is 6.36. The average Bonchev–Trinajstić information content (AvgIpc) is 2.71. The molecule has 0 radical (unpaired) electrons. The third kappa shape index (κ3) is 2.75. The molecule has 1 aromatic carbocycles. The van der Waals surface area contributed by atoms with Gasteiger partial charge in [0, 0.05) is 17.0 Å². The van der Waals surface area contributed by atoms with E-state index in [1.807, 2.05) is 23.6 Å². The van der Waals surface area contributed by atoms with Crippen LogP contribution in [0.5, 0.6) is 5.75 Å². The van der Waals surface area contributed by atoms with Crippen LogP contribution in [-0.4, -0.2) is 13.0 Å². The van der Waals surface area contributed by atoms with Crippen molar-refractivity contribution in [3.63, 3.8) is 0 Å². The van der Waals surface area contributed by atoms with E-state index in [0.29, 0.717) is 6.61 Å². The lowest BCUT2D eigenvalue weighted by Gasteiger charge is -2.03. The van der Waals surface area contributed by atoms with Crippen molar-refractivity contribution in [3.05, 3.63) is 29.1 Å². The van der Waals surface area contributed by atoms with Crippen LogP contribution in [0.1, 0.15) is 12.5 Å².